The monoisotopic (exact) mass is 417 g/mol. The van der Waals surface area contributed by atoms with Gasteiger partial charge in [-0.05, 0) is 60.2 Å². The molecule has 0 radical (unpaired) electrons. The van der Waals surface area contributed by atoms with Crippen LogP contribution >= 0.6 is 34.2 Å². The van der Waals surface area contributed by atoms with Crippen molar-refractivity contribution in [3.63, 3.8) is 0 Å². The average Bonchev–Trinajstić information content (AvgIpc) is 2.93. The van der Waals surface area contributed by atoms with Gasteiger partial charge < -0.3 is 9.88 Å². The zero-order valence-electron chi connectivity index (χ0n) is 12.4. The molecule has 1 aromatic carbocycles. The molecule has 2 aromatic rings. The number of hydrogen-bond acceptors (Lipinski definition) is 2. The number of benzene rings is 1. The summed E-state index contributed by atoms with van der Waals surface area (Å²) in [5.41, 5.74) is 1.22. The highest BCUT2D eigenvalue weighted by Crippen LogP contribution is 2.25. The lowest BCUT2D eigenvalue weighted by molar-refractivity contribution is 0.506. The first-order valence-electron chi connectivity index (χ1n) is 7.34. The Bertz CT molecular complexity index is 583. The third kappa shape index (κ3) is 4.44. The van der Waals surface area contributed by atoms with E-state index in [2.05, 4.69) is 69.5 Å². The first kappa shape index (κ1) is 16.8. The van der Waals surface area contributed by atoms with Gasteiger partial charge in [0.15, 0.2) is 0 Å². The number of aryl methyl sites for hydroxylation is 1. The van der Waals surface area contributed by atoms with E-state index in [4.69, 9.17) is 11.6 Å². The zero-order valence-corrected chi connectivity index (χ0v) is 15.4. The minimum Gasteiger partial charge on any atom is -0.335 e. The SMILES string of the molecule is CCCNC(Cc1nccn1CC)c1ccc(I)c(Cl)c1. The van der Waals surface area contributed by atoms with Gasteiger partial charge in [-0.3, -0.25) is 0 Å². The number of aromatic nitrogens is 2. The van der Waals surface area contributed by atoms with E-state index in [0.717, 1.165) is 40.3 Å². The molecule has 0 saturated carbocycles. The van der Waals surface area contributed by atoms with Gasteiger partial charge in [-0.2, -0.15) is 0 Å². The van der Waals surface area contributed by atoms with Gasteiger partial charge in [0.2, 0.25) is 0 Å². The van der Waals surface area contributed by atoms with Crippen LogP contribution in [-0.2, 0) is 13.0 Å². The van der Waals surface area contributed by atoms with E-state index in [1.807, 2.05) is 12.4 Å². The fourth-order valence-electron chi connectivity index (χ4n) is 2.36. The molecule has 21 heavy (non-hydrogen) atoms. The van der Waals surface area contributed by atoms with Crippen LogP contribution in [0.2, 0.25) is 5.02 Å². The number of nitrogens with one attached hydrogen (secondary N) is 1. The second-order valence-electron chi connectivity index (χ2n) is 5.01. The van der Waals surface area contributed by atoms with Crippen LogP contribution < -0.4 is 5.32 Å². The molecule has 0 amide bonds. The van der Waals surface area contributed by atoms with Crippen molar-refractivity contribution in [2.24, 2.45) is 0 Å². The normalized spacial score (nSPS) is 12.6. The Kier molecular flexibility index (Phi) is 6.51. The molecule has 1 aromatic heterocycles. The van der Waals surface area contributed by atoms with Crippen molar-refractivity contribution in [2.75, 3.05) is 6.54 Å². The van der Waals surface area contributed by atoms with Gasteiger partial charge in [0.25, 0.3) is 0 Å². The molecule has 0 aliphatic carbocycles. The molecule has 0 aliphatic rings. The Labute approximate surface area is 145 Å². The van der Waals surface area contributed by atoms with E-state index in [-0.39, 0.29) is 6.04 Å². The second kappa shape index (κ2) is 8.15. The Morgan fingerprint density at radius 3 is 2.86 bits per heavy atom. The number of hydrogen-bond donors (Lipinski definition) is 1. The zero-order chi connectivity index (χ0) is 15.2. The van der Waals surface area contributed by atoms with Crippen molar-refractivity contribution in [2.45, 2.75) is 39.3 Å². The molecular weight excluding hydrogens is 397 g/mol. The van der Waals surface area contributed by atoms with E-state index in [1.165, 1.54) is 5.56 Å². The summed E-state index contributed by atoms with van der Waals surface area (Å²) in [5.74, 6) is 1.11. The summed E-state index contributed by atoms with van der Waals surface area (Å²) in [5, 5.41) is 4.42. The van der Waals surface area contributed by atoms with E-state index in [0.29, 0.717) is 0 Å². The molecule has 5 heteroatoms. The summed E-state index contributed by atoms with van der Waals surface area (Å²) < 4.78 is 3.27. The van der Waals surface area contributed by atoms with E-state index >= 15 is 0 Å². The molecule has 1 atom stereocenters. The third-order valence-electron chi connectivity index (χ3n) is 3.52. The summed E-state index contributed by atoms with van der Waals surface area (Å²) in [6, 6.07) is 6.54. The van der Waals surface area contributed by atoms with Gasteiger partial charge in [-0.15, -0.1) is 0 Å². The fourth-order valence-corrected chi connectivity index (χ4v) is 2.88. The molecule has 1 heterocycles. The minimum absolute atomic E-state index is 0.243. The van der Waals surface area contributed by atoms with Crippen LogP contribution in [0.5, 0.6) is 0 Å². The van der Waals surface area contributed by atoms with Crippen molar-refractivity contribution in [3.8, 4) is 0 Å². The molecule has 0 aliphatic heterocycles. The number of halogens is 2. The minimum atomic E-state index is 0.243. The Balaban J connectivity index is 2.23. The highest BCUT2D eigenvalue weighted by Gasteiger charge is 2.15. The smallest absolute Gasteiger partial charge is 0.110 e. The molecule has 1 unspecified atom stereocenters. The molecular formula is C16H21ClIN3. The molecule has 1 N–H and O–H groups in total. The lowest BCUT2D eigenvalue weighted by Crippen LogP contribution is -2.25. The Hall–Kier alpha value is -0.590. The predicted molar refractivity (Wildman–Crippen MR) is 96.8 cm³/mol. The molecule has 0 spiro atoms. The Morgan fingerprint density at radius 2 is 2.19 bits per heavy atom. The van der Waals surface area contributed by atoms with Crippen LogP contribution in [0.1, 0.15) is 37.7 Å². The molecule has 0 saturated heterocycles. The van der Waals surface area contributed by atoms with Crippen molar-refractivity contribution < 1.29 is 0 Å². The molecule has 0 fully saturated rings. The van der Waals surface area contributed by atoms with Crippen molar-refractivity contribution >= 4 is 34.2 Å². The quantitative estimate of drug-likeness (QED) is 0.675. The summed E-state index contributed by atoms with van der Waals surface area (Å²) in [7, 11) is 0. The largest absolute Gasteiger partial charge is 0.335 e. The third-order valence-corrected chi connectivity index (χ3v) is 5.09. The van der Waals surface area contributed by atoms with Crippen molar-refractivity contribution in [1.82, 2.24) is 14.9 Å². The van der Waals surface area contributed by atoms with Crippen LogP contribution in [0.3, 0.4) is 0 Å². The van der Waals surface area contributed by atoms with Gasteiger partial charge in [0.1, 0.15) is 5.82 Å². The molecule has 3 nitrogen and oxygen atoms in total. The number of nitrogens with zero attached hydrogens (tertiary/aromatic N) is 2. The number of rotatable bonds is 7. The fraction of sp³-hybridized carbons (Fsp3) is 0.438. The van der Waals surface area contributed by atoms with Gasteiger partial charge in [-0.25, -0.2) is 4.98 Å². The van der Waals surface area contributed by atoms with Crippen LogP contribution in [0.25, 0.3) is 0 Å². The summed E-state index contributed by atoms with van der Waals surface area (Å²) >= 11 is 8.53. The average molecular weight is 418 g/mol. The molecule has 0 bridgehead atoms. The molecule has 114 valence electrons. The van der Waals surface area contributed by atoms with Gasteiger partial charge in [-0.1, -0.05) is 24.6 Å². The van der Waals surface area contributed by atoms with Gasteiger partial charge in [0, 0.05) is 35.0 Å². The lowest BCUT2D eigenvalue weighted by atomic mass is 10.0. The standard InChI is InChI=1S/C16H21ClIN3/c1-3-7-19-15(11-16-20-8-9-21(16)4-2)12-5-6-14(18)13(17)10-12/h5-6,8-10,15,19H,3-4,7,11H2,1-2H3. The maximum absolute atomic E-state index is 6.28. The van der Waals surface area contributed by atoms with Crippen molar-refractivity contribution in [1.29, 1.82) is 0 Å². The van der Waals surface area contributed by atoms with Crippen LogP contribution in [-0.4, -0.2) is 16.1 Å². The van der Waals surface area contributed by atoms with Crippen LogP contribution in [0.4, 0.5) is 0 Å². The van der Waals surface area contributed by atoms with Gasteiger partial charge in [0.05, 0.1) is 5.02 Å². The maximum Gasteiger partial charge on any atom is 0.110 e. The topological polar surface area (TPSA) is 29.9 Å². The van der Waals surface area contributed by atoms with E-state index < -0.39 is 0 Å². The Morgan fingerprint density at radius 1 is 1.38 bits per heavy atom. The highest BCUT2D eigenvalue weighted by atomic mass is 127. The number of imidazole rings is 1. The van der Waals surface area contributed by atoms with E-state index in [9.17, 15) is 0 Å². The maximum atomic E-state index is 6.28. The highest BCUT2D eigenvalue weighted by molar-refractivity contribution is 14.1. The van der Waals surface area contributed by atoms with Gasteiger partial charge >= 0.3 is 0 Å². The van der Waals surface area contributed by atoms with Crippen LogP contribution in [0, 0.1) is 3.57 Å². The summed E-state index contributed by atoms with van der Waals surface area (Å²) in [4.78, 5) is 4.49. The lowest BCUT2D eigenvalue weighted by Gasteiger charge is -2.20. The predicted octanol–water partition coefficient (Wildman–Crippen LogP) is 4.44. The van der Waals surface area contributed by atoms with E-state index in [1.54, 1.807) is 0 Å². The summed E-state index contributed by atoms with van der Waals surface area (Å²) in [6.45, 7) is 6.25. The molecule has 2 rings (SSSR count). The first-order valence-corrected chi connectivity index (χ1v) is 8.79. The summed E-state index contributed by atoms with van der Waals surface area (Å²) in [6.07, 6.45) is 5.89. The second-order valence-corrected chi connectivity index (χ2v) is 6.58. The van der Waals surface area contributed by atoms with Crippen LogP contribution in [0.15, 0.2) is 30.6 Å². The first-order chi connectivity index (χ1) is 10.2. The van der Waals surface area contributed by atoms with Crippen molar-refractivity contribution in [3.05, 3.63) is 50.6 Å².